The summed E-state index contributed by atoms with van der Waals surface area (Å²) < 4.78 is 6.98. The Hall–Kier alpha value is -3.55. The molecule has 2 atom stereocenters. The van der Waals surface area contributed by atoms with Gasteiger partial charge in [0.05, 0.1) is 0 Å². The van der Waals surface area contributed by atoms with Gasteiger partial charge in [-0.2, -0.15) is 0 Å². The van der Waals surface area contributed by atoms with Gasteiger partial charge in [0.15, 0.2) is 5.78 Å². The van der Waals surface area contributed by atoms with Crippen LogP contribution in [-0.4, -0.2) is 34.7 Å². The molecule has 1 aliphatic rings. The molecule has 8 heteroatoms. The van der Waals surface area contributed by atoms with Crippen molar-refractivity contribution in [3.63, 3.8) is 0 Å². The minimum Gasteiger partial charge on any atom is -0.508 e. The quantitative estimate of drug-likeness (QED) is 0.165. The van der Waals surface area contributed by atoms with Gasteiger partial charge in [-0.05, 0) is 111 Å². The second-order valence-corrected chi connectivity index (χ2v) is 11.6. The van der Waals surface area contributed by atoms with E-state index >= 15 is 0 Å². The number of aromatic hydroxyl groups is 2. The Balaban J connectivity index is 0.000000445. The summed E-state index contributed by atoms with van der Waals surface area (Å²) in [5.74, 6) is 0.987. The van der Waals surface area contributed by atoms with Gasteiger partial charge in [0.1, 0.15) is 23.4 Å². The first kappa shape index (κ1) is 31.4. The molecule has 2 unspecified atom stereocenters. The summed E-state index contributed by atoms with van der Waals surface area (Å²) in [6.07, 6.45) is 3.59. The molecule has 5 nitrogen and oxygen atoms in total. The van der Waals surface area contributed by atoms with Crippen LogP contribution in [0.3, 0.4) is 0 Å². The van der Waals surface area contributed by atoms with Gasteiger partial charge >= 0.3 is 0 Å². The Morgan fingerprint density at radius 2 is 1.62 bits per heavy atom. The van der Waals surface area contributed by atoms with E-state index in [0.717, 1.165) is 44.3 Å². The maximum Gasteiger partial charge on any atom is 0.195 e. The molecule has 0 aliphatic carbocycles. The molecule has 0 bridgehead atoms. The summed E-state index contributed by atoms with van der Waals surface area (Å²) in [6, 6.07) is 29.0. The number of phenols is 2. The number of fused-ring (bicyclic) bond motifs is 1. The van der Waals surface area contributed by atoms with Crippen LogP contribution in [0.5, 0.6) is 17.2 Å². The van der Waals surface area contributed by atoms with Gasteiger partial charge in [-0.15, -0.1) is 23.7 Å². The van der Waals surface area contributed by atoms with E-state index in [1.165, 1.54) is 24.2 Å². The predicted molar refractivity (Wildman–Crippen MR) is 175 cm³/mol. The van der Waals surface area contributed by atoms with E-state index in [9.17, 15) is 15.0 Å². The summed E-state index contributed by atoms with van der Waals surface area (Å²) in [5, 5.41) is 24.8. The lowest BCUT2D eigenvalue weighted by atomic mass is 9.97. The lowest BCUT2D eigenvalue weighted by Crippen LogP contribution is -2.44. The molecule has 0 spiro atoms. The number of nitrogens with one attached hydrogen (secondary N) is 1. The number of ether oxygens (including phenoxy) is 1. The molecule has 4 aromatic carbocycles. The van der Waals surface area contributed by atoms with Crippen LogP contribution in [0.2, 0.25) is 5.02 Å². The fourth-order valence-corrected chi connectivity index (χ4v) is 6.33. The monoisotopic (exact) mass is 621 g/mol. The molecule has 5 aromatic rings. The lowest BCUT2D eigenvalue weighted by Gasteiger charge is -2.29. The number of phenolic OH excluding ortho intramolecular Hbond substituents is 2. The highest BCUT2D eigenvalue weighted by Crippen LogP contribution is 2.41. The van der Waals surface area contributed by atoms with E-state index in [1.54, 1.807) is 42.5 Å². The smallest absolute Gasteiger partial charge is 0.195 e. The SMILES string of the molecule is CC(Oc1ccc(C(=O)c2c(-c3ccc(O)cc3)sc3cc(O)ccc23)cc1)C1CCCCN1.Cl.Clc1ccccc1. The average Bonchev–Trinajstić information content (AvgIpc) is 3.37. The first-order valence-electron chi connectivity index (χ1n) is 13.7. The molecule has 0 saturated carbocycles. The molecule has 2 heterocycles. The second kappa shape index (κ2) is 14.6. The Morgan fingerprint density at radius 3 is 2.24 bits per heavy atom. The Bertz CT molecular complexity index is 1600. The first-order chi connectivity index (χ1) is 19.9. The van der Waals surface area contributed by atoms with Crippen molar-refractivity contribution in [2.75, 3.05) is 6.54 Å². The number of halogens is 2. The van der Waals surface area contributed by atoms with Crippen molar-refractivity contribution in [3.8, 4) is 27.7 Å². The van der Waals surface area contributed by atoms with Crippen LogP contribution in [0.4, 0.5) is 0 Å². The van der Waals surface area contributed by atoms with Crippen molar-refractivity contribution >= 4 is 51.2 Å². The number of rotatable bonds is 6. The maximum atomic E-state index is 13.7. The molecule has 1 saturated heterocycles. The zero-order valence-corrected chi connectivity index (χ0v) is 25.5. The van der Waals surface area contributed by atoms with Crippen molar-refractivity contribution in [2.45, 2.75) is 38.3 Å². The van der Waals surface area contributed by atoms with Gasteiger partial charge in [-0.25, -0.2) is 0 Å². The van der Waals surface area contributed by atoms with Crippen LogP contribution < -0.4 is 10.1 Å². The highest BCUT2D eigenvalue weighted by molar-refractivity contribution is 7.22. The normalized spacial score (nSPS) is 15.1. The van der Waals surface area contributed by atoms with Gasteiger partial charge in [0.25, 0.3) is 0 Å². The highest BCUT2D eigenvalue weighted by atomic mass is 35.5. The number of benzene rings is 4. The van der Waals surface area contributed by atoms with E-state index in [0.29, 0.717) is 17.2 Å². The molecule has 3 N–H and O–H groups in total. The molecular weight excluding hydrogens is 589 g/mol. The third-order valence-electron chi connectivity index (χ3n) is 7.12. The van der Waals surface area contributed by atoms with Crippen molar-refractivity contribution in [3.05, 3.63) is 113 Å². The van der Waals surface area contributed by atoms with Crippen LogP contribution in [0.15, 0.2) is 97.1 Å². The Kier molecular flexibility index (Phi) is 10.9. The van der Waals surface area contributed by atoms with Gasteiger partial charge in [0.2, 0.25) is 0 Å². The summed E-state index contributed by atoms with van der Waals surface area (Å²) >= 11 is 6.99. The number of carbonyl (C=O) groups is 1. The fraction of sp³-hybridized carbons (Fsp3) is 0.206. The number of piperidine rings is 1. The Labute approximate surface area is 261 Å². The molecule has 42 heavy (non-hydrogen) atoms. The number of hydrogen-bond donors (Lipinski definition) is 3. The van der Waals surface area contributed by atoms with E-state index in [-0.39, 0.29) is 35.8 Å². The van der Waals surface area contributed by atoms with E-state index in [2.05, 4.69) is 12.2 Å². The average molecular weight is 623 g/mol. The molecule has 0 amide bonds. The third kappa shape index (κ3) is 7.64. The molecule has 1 aromatic heterocycles. The molecule has 0 radical (unpaired) electrons. The first-order valence-corrected chi connectivity index (χ1v) is 14.9. The van der Waals surface area contributed by atoms with Crippen molar-refractivity contribution in [1.29, 1.82) is 0 Å². The largest absolute Gasteiger partial charge is 0.508 e. The number of carbonyl (C=O) groups excluding carboxylic acids is 1. The zero-order valence-electron chi connectivity index (χ0n) is 23.1. The van der Waals surface area contributed by atoms with Crippen LogP contribution in [0.25, 0.3) is 20.5 Å². The highest BCUT2D eigenvalue weighted by Gasteiger charge is 2.23. The summed E-state index contributed by atoms with van der Waals surface area (Å²) in [7, 11) is 0. The van der Waals surface area contributed by atoms with Gasteiger partial charge in [-0.3, -0.25) is 4.79 Å². The van der Waals surface area contributed by atoms with Crippen molar-refractivity contribution < 1.29 is 19.7 Å². The topological polar surface area (TPSA) is 78.8 Å². The van der Waals surface area contributed by atoms with Crippen LogP contribution in [0, 0.1) is 0 Å². The van der Waals surface area contributed by atoms with Gasteiger partial charge in [0, 0.05) is 37.2 Å². The molecular formula is C34H33Cl2NO4S. The van der Waals surface area contributed by atoms with Crippen LogP contribution in [-0.2, 0) is 0 Å². The zero-order chi connectivity index (χ0) is 28.8. The molecule has 218 valence electrons. The minimum absolute atomic E-state index is 0. The summed E-state index contributed by atoms with van der Waals surface area (Å²) in [5.41, 5.74) is 2.01. The van der Waals surface area contributed by atoms with E-state index < -0.39 is 0 Å². The second-order valence-electron chi connectivity index (χ2n) is 10.1. The van der Waals surface area contributed by atoms with E-state index in [4.69, 9.17) is 16.3 Å². The van der Waals surface area contributed by atoms with Crippen molar-refractivity contribution in [1.82, 2.24) is 5.32 Å². The maximum absolute atomic E-state index is 13.7. The van der Waals surface area contributed by atoms with Crippen LogP contribution in [0.1, 0.15) is 42.1 Å². The standard InChI is InChI=1S/C28H27NO4S.C6H5Cl.ClH/c1-17(24-4-2-3-15-29-24)33-22-12-7-18(8-13-22)27(32)26-23-14-11-21(31)16-25(23)34-28(26)19-5-9-20(30)10-6-19;7-6-4-2-1-3-5-6;/h5-14,16-17,24,29-31H,2-4,15H2,1H3;1-5H;1H. The third-order valence-corrected chi connectivity index (χ3v) is 8.57. The Morgan fingerprint density at radius 1 is 0.929 bits per heavy atom. The fourth-order valence-electron chi connectivity index (χ4n) is 4.95. The minimum atomic E-state index is -0.0893. The molecule has 1 fully saturated rings. The van der Waals surface area contributed by atoms with Gasteiger partial charge in [-0.1, -0.05) is 36.2 Å². The lowest BCUT2D eigenvalue weighted by molar-refractivity contribution is 0.104. The number of thiophene rings is 1. The summed E-state index contributed by atoms with van der Waals surface area (Å²) in [4.78, 5) is 14.5. The summed E-state index contributed by atoms with van der Waals surface area (Å²) in [6.45, 7) is 3.11. The number of hydrogen-bond acceptors (Lipinski definition) is 6. The van der Waals surface area contributed by atoms with E-state index in [1.807, 2.05) is 54.6 Å². The van der Waals surface area contributed by atoms with Crippen LogP contribution >= 0.6 is 35.3 Å². The number of ketones is 1. The van der Waals surface area contributed by atoms with Gasteiger partial charge < -0.3 is 20.3 Å². The van der Waals surface area contributed by atoms with Crippen molar-refractivity contribution in [2.24, 2.45) is 0 Å². The molecule has 6 rings (SSSR count). The predicted octanol–water partition coefficient (Wildman–Crippen LogP) is 8.88. The molecule has 1 aliphatic heterocycles.